The van der Waals surface area contributed by atoms with E-state index >= 15 is 0 Å². The first-order valence-electron chi connectivity index (χ1n) is 7.37. The van der Waals surface area contributed by atoms with E-state index in [2.05, 4.69) is 4.90 Å². The Morgan fingerprint density at radius 3 is 2.24 bits per heavy atom. The lowest BCUT2D eigenvalue weighted by Crippen LogP contribution is -2.50. The van der Waals surface area contributed by atoms with Gasteiger partial charge in [0.05, 0.1) is 5.60 Å². The van der Waals surface area contributed by atoms with E-state index in [4.69, 9.17) is 10.5 Å². The van der Waals surface area contributed by atoms with Gasteiger partial charge in [-0.25, -0.2) is 0 Å². The van der Waals surface area contributed by atoms with Crippen molar-refractivity contribution < 1.29 is 9.53 Å². The number of nitrogen functional groups attached to an aromatic ring is 1. The number of nitrogens with zero attached hydrogens (tertiary/aromatic N) is 2. The summed E-state index contributed by atoms with van der Waals surface area (Å²) in [7, 11) is 0. The highest BCUT2D eigenvalue weighted by atomic mass is 16.5. The van der Waals surface area contributed by atoms with Crippen molar-refractivity contribution >= 4 is 17.3 Å². The summed E-state index contributed by atoms with van der Waals surface area (Å²) in [6.07, 6.45) is 0. The Balaban J connectivity index is 1.82. The first-order chi connectivity index (χ1) is 9.85. The van der Waals surface area contributed by atoms with Crippen molar-refractivity contribution in [2.24, 2.45) is 0 Å². The Morgan fingerprint density at radius 2 is 1.71 bits per heavy atom. The minimum Gasteiger partial charge on any atom is -0.399 e. The molecular weight excluding hydrogens is 266 g/mol. The molecule has 0 aromatic heterocycles. The number of anilines is 2. The van der Waals surface area contributed by atoms with Crippen LogP contribution in [0.15, 0.2) is 24.3 Å². The molecule has 2 N–H and O–H groups in total. The topological polar surface area (TPSA) is 58.8 Å². The van der Waals surface area contributed by atoms with Gasteiger partial charge in [0.2, 0.25) is 5.91 Å². The summed E-state index contributed by atoms with van der Waals surface area (Å²) in [6, 6.07) is 7.86. The quantitative estimate of drug-likeness (QED) is 0.862. The smallest absolute Gasteiger partial charge is 0.248 e. The molecule has 0 saturated carbocycles. The van der Waals surface area contributed by atoms with Crippen LogP contribution in [-0.2, 0) is 9.53 Å². The third-order valence-corrected chi connectivity index (χ3v) is 3.52. The van der Waals surface area contributed by atoms with Gasteiger partial charge in [-0.1, -0.05) is 0 Å². The monoisotopic (exact) mass is 291 g/mol. The molecular formula is C16H25N3O2. The van der Waals surface area contributed by atoms with Gasteiger partial charge in [0.1, 0.15) is 6.61 Å². The molecule has 0 spiro atoms. The molecule has 0 atom stereocenters. The molecule has 0 radical (unpaired) electrons. The van der Waals surface area contributed by atoms with E-state index < -0.39 is 0 Å². The number of benzene rings is 1. The number of amides is 1. The summed E-state index contributed by atoms with van der Waals surface area (Å²) < 4.78 is 5.55. The van der Waals surface area contributed by atoms with E-state index in [9.17, 15) is 4.79 Å². The molecule has 116 valence electrons. The Morgan fingerprint density at radius 1 is 1.14 bits per heavy atom. The first kappa shape index (κ1) is 15.6. The molecule has 5 heteroatoms. The fraction of sp³-hybridized carbons (Fsp3) is 0.562. The van der Waals surface area contributed by atoms with Crippen molar-refractivity contribution in [1.82, 2.24) is 4.90 Å². The summed E-state index contributed by atoms with van der Waals surface area (Å²) in [6.45, 7) is 9.17. The van der Waals surface area contributed by atoms with E-state index in [-0.39, 0.29) is 18.1 Å². The average Bonchev–Trinajstić information content (AvgIpc) is 2.45. The summed E-state index contributed by atoms with van der Waals surface area (Å²) in [5.74, 6) is 0.0712. The lowest BCUT2D eigenvalue weighted by atomic mass is 10.2. The van der Waals surface area contributed by atoms with Crippen LogP contribution in [0.4, 0.5) is 11.4 Å². The maximum atomic E-state index is 12.1. The van der Waals surface area contributed by atoms with Crippen molar-refractivity contribution in [2.45, 2.75) is 26.4 Å². The van der Waals surface area contributed by atoms with Gasteiger partial charge in [0, 0.05) is 37.6 Å². The van der Waals surface area contributed by atoms with E-state index in [1.54, 1.807) is 0 Å². The van der Waals surface area contributed by atoms with Crippen LogP contribution in [-0.4, -0.2) is 49.2 Å². The van der Waals surface area contributed by atoms with Gasteiger partial charge in [-0.05, 0) is 45.0 Å². The molecule has 2 rings (SSSR count). The number of carbonyl (C=O) groups is 1. The maximum absolute atomic E-state index is 12.1. The molecule has 1 saturated heterocycles. The molecule has 1 heterocycles. The highest BCUT2D eigenvalue weighted by Gasteiger charge is 2.22. The van der Waals surface area contributed by atoms with Crippen LogP contribution in [0.2, 0.25) is 0 Å². The summed E-state index contributed by atoms with van der Waals surface area (Å²) in [5, 5.41) is 0. The molecule has 1 aromatic carbocycles. The molecule has 1 amide bonds. The van der Waals surface area contributed by atoms with Crippen LogP contribution in [0, 0.1) is 0 Å². The second kappa shape index (κ2) is 6.35. The van der Waals surface area contributed by atoms with Crippen molar-refractivity contribution in [3.8, 4) is 0 Å². The van der Waals surface area contributed by atoms with Gasteiger partial charge >= 0.3 is 0 Å². The van der Waals surface area contributed by atoms with Crippen molar-refractivity contribution in [1.29, 1.82) is 0 Å². The first-order valence-corrected chi connectivity index (χ1v) is 7.37. The molecule has 1 aliphatic rings. The highest BCUT2D eigenvalue weighted by Crippen LogP contribution is 2.18. The third-order valence-electron chi connectivity index (χ3n) is 3.52. The van der Waals surface area contributed by atoms with Gasteiger partial charge in [-0.2, -0.15) is 0 Å². The molecule has 1 fully saturated rings. The molecule has 0 bridgehead atoms. The molecule has 5 nitrogen and oxygen atoms in total. The lowest BCUT2D eigenvalue weighted by molar-refractivity contribution is -0.141. The van der Waals surface area contributed by atoms with E-state index in [1.807, 2.05) is 49.9 Å². The van der Waals surface area contributed by atoms with Gasteiger partial charge < -0.3 is 20.3 Å². The minimum absolute atomic E-state index is 0.0712. The Hall–Kier alpha value is -1.75. The van der Waals surface area contributed by atoms with Gasteiger partial charge in [0.25, 0.3) is 0 Å². The highest BCUT2D eigenvalue weighted by molar-refractivity contribution is 5.77. The van der Waals surface area contributed by atoms with Gasteiger partial charge in [-0.3, -0.25) is 4.79 Å². The van der Waals surface area contributed by atoms with Crippen molar-refractivity contribution in [3.63, 3.8) is 0 Å². The number of hydrogen-bond acceptors (Lipinski definition) is 4. The number of carbonyl (C=O) groups excluding carboxylic acids is 1. The predicted molar refractivity (Wildman–Crippen MR) is 85.4 cm³/mol. The number of hydrogen-bond donors (Lipinski definition) is 1. The molecule has 0 aliphatic carbocycles. The number of rotatable bonds is 3. The third kappa shape index (κ3) is 4.63. The zero-order chi connectivity index (χ0) is 15.5. The second-order valence-corrected chi connectivity index (χ2v) is 6.36. The zero-order valence-electron chi connectivity index (χ0n) is 13.1. The van der Waals surface area contributed by atoms with Crippen molar-refractivity contribution in [2.75, 3.05) is 43.4 Å². The number of nitrogens with two attached hydrogens (primary N) is 1. The number of ether oxygens (including phenoxy) is 1. The maximum Gasteiger partial charge on any atom is 0.248 e. The zero-order valence-corrected chi connectivity index (χ0v) is 13.1. The Bertz CT molecular complexity index is 471. The van der Waals surface area contributed by atoms with Crippen LogP contribution in [0.3, 0.4) is 0 Å². The lowest BCUT2D eigenvalue weighted by Gasteiger charge is -2.36. The average molecular weight is 291 g/mol. The standard InChI is InChI=1S/C16H25N3O2/c1-16(2,3)21-12-15(20)19-10-8-18(9-11-19)14-6-4-13(17)5-7-14/h4-7H,8-12,17H2,1-3H3. The molecule has 21 heavy (non-hydrogen) atoms. The largest absolute Gasteiger partial charge is 0.399 e. The summed E-state index contributed by atoms with van der Waals surface area (Å²) >= 11 is 0. The SMILES string of the molecule is CC(C)(C)OCC(=O)N1CCN(c2ccc(N)cc2)CC1. The van der Waals surface area contributed by atoms with Crippen LogP contribution in [0.1, 0.15) is 20.8 Å². The van der Waals surface area contributed by atoms with Crippen LogP contribution < -0.4 is 10.6 Å². The molecule has 0 unspecified atom stereocenters. The summed E-state index contributed by atoms with van der Waals surface area (Å²) in [5.41, 5.74) is 7.35. The fourth-order valence-corrected chi connectivity index (χ4v) is 2.27. The Labute approximate surface area is 126 Å². The van der Waals surface area contributed by atoms with E-state index in [0.29, 0.717) is 0 Å². The predicted octanol–water partition coefficient (Wildman–Crippen LogP) is 1.73. The van der Waals surface area contributed by atoms with Crippen molar-refractivity contribution in [3.05, 3.63) is 24.3 Å². The van der Waals surface area contributed by atoms with Gasteiger partial charge in [-0.15, -0.1) is 0 Å². The molecule has 1 aliphatic heterocycles. The van der Waals surface area contributed by atoms with E-state index in [1.165, 1.54) is 0 Å². The minimum atomic E-state index is -0.276. The van der Waals surface area contributed by atoms with E-state index in [0.717, 1.165) is 37.6 Å². The second-order valence-electron chi connectivity index (χ2n) is 6.36. The normalized spacial score (nSPS) is 16.1. The number of piperazine rings is 1. The van der Waals surface area contributed by atoms with Crippen LogP contribution >= 0.6 is 0 Å². The molecule has 1 aromatic rings. The Kier molecular flexibility index (Phi) is 4.73. The van der Waals surface area contributed by atoms with Gasteiger partial charge in [0.15, 0.2) is 0 Å². The van der Waals surface area contributed by atoms with Crippen LogP contribution in [0.5, 0.6) is 0 Å². The summed E-state index contributed by atoms with van der Waals surface area (Å²) in [4.78, 5) is 16.2. The fourth-order valence-electron chi connectivity index (χ4n) is 2.27. The van der Waals surface area contributed by atoms with Crippen LogP contribution in [0.25, 0.3) is 0 Å².